The molecule has 0 unspecified atom stereocenters. The van der Waals surface area contributed by atoms with Gasteiger partial charge in [0.2, 0.25) is 0 Å². The summed E-state index contributed by atoms with van der Waals surface area (Å²) in [7, 11) is 0. The van der Waals surface area contributed by atoms with Crippen molar-refractivity contribution in [1.29, 1.82) is 0 Å². The first-order valence-corrected chi connectivity index (χ1v) is 4.52. The molecule has 0 bridgehead atoms. The number of aldehydes is 1. The van der Waals surface area contributed by atoms with Crippen LogP contribution in [0.15, 0.2) is 30.5 Å². The normalized spacial score (nSPS) is 9.93. The molecular weight excluding hydrogens is 190 g/mol. The van der Waals surface area contributed by atoms with E-state index in [0.29, 0.717) is 12.0 Å². The summed E-state index contributed by atoms with van der Waals surface area (Å²) >= 11 is 0. The number of nitrogens with zero attached hydrogens (tertiary/aromatic N) is 3. The van der Waals surface area contributed by atoms with Crippen LogP contribution in [0.25, 0.3) is 11.4 Å². The summed E-state index contributed by atoms with van der Waals surface area (Å²) < 4.78 is 0. The first kappa shape index (κ1) is 9.45. The minimum atomic E-state index is 0.190. The van der Waals surface area contributed by atoms with Crippen LogP contribution in [-0.2, 0) is 0 Å². The van der Waals surface area contributed by atoms with Gasteiger partial charge in [0.25, 0.3) is 0 Å². The lowest BCUT2D eigenvalue weighted by Gasteiger charge is -2.01. The van der Waals surface area contributed by atoms with Gasteiger partial charge in [-0.1, -0.05) is 6.07 Å². The Kier molecular flexibility index (Phi) is 2.49. The molecule has 4 heteroatoms. The van der Waals surface area contributed by atoms with Gasteiger partial charge in [0.05, 0.1) is 11.4 Å². The van der Waals surface area contributed by atoms with Crippen molar-refractivity contribution in [2.75, 3.05) is 0 Å². The number of aryl methyl sites for hydroxylation is 1. The van der Waals surface area contributed by atoms with Gasteiger partial charge in [-0.05, 0) is 25.1 Å². The van der Waals surface area contributed by atoms with Crippen molar-refractivity contribution in [2.24, 2.45) is 0 Å². The maximum Gasteiger partial charge on any atom is 0.193 e. The molecule has 0 aliphatic rings. The van der Waals surface area contributed by atoms with E-state index in [4.69, 9.17) is 0 Å². The van der Waals surface area contributed by atoms with Crippen molar-refractivity contribution in [1.82, 2.24) is 15.0 Å². The second-order valence-corrected chi connectivity index (χ2v) is 3.09. The van der Waals surface area contributed by atoms with E-state index in [1.54, 1.807) is 12.3 Å². The predicted molar refractivity (Wildman–Crippen MR) is 55.4 cm³/mol. The van der Waals surface area contributed by atoms with Crippen LogP contribution in [0.2, 0.25) is 0 Å². The van der Waals surface area contributed by atoms with E-state index in [-0.39, 0.29) is 5.82 Å². The Morgan fingerprint density at radius 1 is 1.20 bits per heavy atom. The third kappa shape index (κ3) is 2.04. The predicted octanol–water partition coefficient (Wildman–Crippen LogP) is 1.66. The highest BCUT2D eigenvalue weighted by Crippen LogP contribution is 2.13. The topological polar surface area (TPSA) is 55.7 Å². The molecule has 0 radical (unpaired) electrons. The zero-order valence-electron chi connectivity index (χ0n) is 8.21. The largest absolute Gasteiger partial charge is 0.294 e. The average Bonchev–Trinajstić information content (AvgIpc) is 2.29. The molecule has 0 spiro atoms. The summed E-state index contributed by atoms with van der Waals surface area (Å²) in [6, 6.07) is 7.35. The van der Waals surface area contributed by atoms with Crippen LogP contribution in [0.4, 0.5) is 0 Å². The van der Waals surface area contributed by atoms with Gasteiger partial charge in [-0.25, -0.2) is 9.97 Å². The number of carbonyl (C=O) groups is 1. The van der Waals surface area contributed by atoms with Gasteiger partial charge in [-0.2, -0.15) is 0 Å². The minimum absolute atomic E-state index is 0.190. The molecule has 15 heavy (non-hydrogen) atoms. The molecule has 0 saturated carbocycles. The Morgan fingerprint density at radius 3 is 2.73 bits per heavy atom. The summed E-state index contributed by atoms with van der Waals surface area (Å²) in [5.74, 6) is 0.190. The van der Waals surface area contributed by atoms with Crippen molar-refractivity contribution in [3.63, 3.8) is 0 Å². The fourth-order valence-electron chi connectivity index (χ4n) is 1.29. The summed E-state index contributed by atoms with van der Waals surface area (Å²) in [6.07, 6.45) is 2.33. The molecule has 2 aromatic rings. The van der Waals surface area contributed by atoms with Gasteiger partial charge in [0, 0.05) is 11.9 Å². The van der Waals surface area contributed by atoms with E-state index in [0.717, 1.165) is 11.4 Å². The Balaban J connectivity index is 2.53. The zero-order valence-corrected chi connectivity index (χ0v) is 8.21. The first-order valence-electron chi connectivity index (χ1n) is 4.52. The molecule has 0 amide bonds. The van der Waals surface area contributed by atoms with Gasteiger partial charge in [0.1, 0.15) is 0 Å². The molecule has 74 valence electrons. The molecule has 4 nitrogen and oxygen atoms in total. The van der Waals surface area contributed by atoms with Crippen LogP contribution in [0.1, 0.15) is 16.3 Å². The van der Waals surface area contributed by atoms with E-state index >= 15 is 0 Å². The third-order valence-corrected chi connectivity index (χ3v) is 1.90. The second-order valence-electron chi connectivity index (χ2n) is 3.09. The van der Waals surface area contributed by atoms with Crippen LogP contribution in [0.5, 0.6) is 0 Å². The first-order chi connectivity index (χ1) is 7.29. The highest BCUT2D eigenvalue weighted by atomic mass is 16.1. The molecule has 0 aliphatic carbocycles. The average molecular weight is 199 g/mol. The molecular formula is C11H9N3O. The second kappa shape index (κ2) is 3.96. The van der Waals surface area contributed by atoms with Crippen LogP contribution in [-0.4, -0.2) is 21.2 Å². The molecule has 0 aromatic carbocycles. The van der Waals surface area contributed by atoms with Crippen molar-refractivity contribution in [3.8, 4) is 11.4 Å². The van der Waals surface area contributed by atoms with E-state index in [9.17, 15) is 4.79 Å². The van der Waals surface area contributed by atoms with Gasteiger partial charge >= 0.3 is 0 Å². The van der Waals surface area contributed by atoms with Gasteiger partial charge in [0.15, 0.2) is 12.1 Å². The third-order valence-electron chi connectivity index (χ3n) is 1.90. The fourth-order valence-corrected chi connectivity index (χ4v) is 1.29. The highest BCUT2D eigenvalue weighted by molar-refractivity contribution is 5.70. The Morgan fingerprint density at radius 2 is 2.07 bits per heavy atom. The number of rotatable bonds is 2. The molecule has 0 fully saturated rings. The maximum atomic E-state index is 10.6. The lowest BCUT2D eigenvalue weighted by atomic mass is 10.2. The van der Waals surface area contributed by atoms with Gasteiger partial charge in [-0.15, -0.1) is 0 Å². The van der Waals surface area contributed by atoms with Crippen LogP contribution in [0, 0.1) is 6.92 Å². The highest BCUT2D eigenvalue weighted by Gasteiger charge is 2.03. The van der Waals surface area contributed by atoms with E-state index in [1.165, 1.54) is 0 Å². The number of hydrogen-bond acceptors (Lipinski definition) is 4. The van der Waals surface area contributed by atoms with E-state index < -0.39 is 0 Å². The van der Waals surface area contributed by atoms with E-state index in [2.05, 4.69) is 15.0 Å². The van der Waals surface area contributed by atoms with Gasteiger partial charge in [-0.3, -0.25) is 9.78 Å². The molecule has 0 N–H and O–H groups in total. The van der Waals surface area contributed by atoms with Crippen LogP contribution >= 0.6 is 0 Å². The molecule has 0 aliphatic heterocycles. The number of aromatic nitrogens is 3. The molecule has 2 rings (SSSR count). The van der Waals surface area contributed by atoms with E-state index in [1.807, 2.05) is 25.1 Å². The standard InChI is InChI=1S/C11H9N3O/c1-8-6-10(14-11(7-15)13-8)9-4-2-3-5-12-9/h2-7H,1H3. The lowest BCUT2D eigenvalue weighted by Crippen LogP contribution is -1.98. The smallest absolute Gasteiger partial charge is 0.193 e. The summed E-state index contributed by atoms with van der Waals surface area (Å²) in [5, 5.41) is 0. The van der Waals surface area contributed by atoms with Crippen molar-refractivity contribution in [2.45, 2.75) is 6.92 Å². The lowest BCUT2D eigenvalue weighted by molar-refractivity contribution is 0.111. The van der Waals surface area contributed by atoms with Crippen molar-refractivity contribution >= 4 is 6.29 Å². The van der Waals surface area contributed by atoms with Crippen molar-refractivity contribution in [3.05, 3.63) is 42.0 Å². The fraction of sp³-hybridized carbons (Fsp3) is 0.0909. The monoisotopic (exact) mass is 199 g/mol. The Labute approximate surface area is 87.0 Å². The maximum absolute atomic E-state index is 10.6. The summed E-state index contributed by atoms with van der Waals surface area (Å²) in [4.78, 5) is 22.8. The van der Waals surface area contributed by atoms with Crippen LogP contribution < -0.4 is 0 Å². The minimum Gasteiger partial charge on any atom is -0.294 e. The molecule has 0 atom stereocenters. The number of carbonyl (C=O) groups excluding carboxylic acids is 1. The summed E-state index contributed by atoms with van der Waals surface area (Å²) in [5.41, 5.74) is 2.17. The van der Waals surface area contributed by atoms with Crippen molar-refractivity contribution < 1.29 is 4.79 Å². The molecule has 0 saturated heterocycles. The molecule has 2 aromatic heterocycles. The number of hydrogen-bond donors (Lipinski definition) is 0. The SMILES string of the molecule is Cc1cc(-c2ccccn2)nc(C=O)n1. The Hall–Kier alpha value is -2.10. The molecule has 2 heterocycles. The van der Waals surface area contributed by atoms with Crippen LogP contribution in [0.3, 0.4) is 0 Å². The quantitative estimate of drug-likeness (QED) is 0.690. The number of pyridine rings is 1. The van der Waals surface area contributed by atoms with Gasteiger partial charge < -0.3 is 0 Å². The Bertz CT molecular complexity index is 482. The summed E-state index contributed by atoms with van der Waals surface area (Å²) in [6.45, 7) is 1.82. The zero-order chi connectivity index (χ0) is 10.7.